The highest BCUT2D eigenvalue weighted by Gasteiger charge is 2.15. The van der Waals surface area contributed by atoms with Crippen LogP contribution in [0.1, 0.15) is 18.4 Å². The van der Waals surface area contributed by atoms with Crippen LogP contribution in [-0.4, -0.2) is 17.4 Å². The molecule has 0 radical (unpaired) electrons. The Balaban J connectivity index is 3.39. The lowest BCUT2D eigenvalue weighted by atomic mass is 10.4. The highest BCUT2D eigenvalue weighted by molar-refractivity contribution is 8.12. The van der Waals surface area contributed by atoms with Gasteiger partial charge in [0.25, 0.3) is 0 Å². The van der Waals surface area contributed by atoms with E-state index in [9.17, 15) is 8.42 Å². The molecule has 0 aliphatic heterocycles. The Bertz CT molecular complexity index is 382. The Morgan fingerprint density at radius 1 is 1.67 bits per heavy atom. The number of imidazole rings is 1. The largest absolute Gasteiger partial charge is 0.326 e. The summed E-state index contributed by atoms with van der Waals surface area (Å²) in [6.45, 7) is 3.44. The molecule has 68 valence electrons. The molecule has 0 N–H and O–H groups in total. The summed E-state index contributed by atoms with van der Waals surface area (Å²) in [5.41, 5.74) is 0.600. The first-order valence-corrected chi connectivity index (χ1v) is 5.71. The Morgan fingerprint density at radius 3 is 2.58 bits per heavy atom. The summed E-state index contributed by atoms with van der Waals surface area (Å²) in [6.07, 6.45) is 2.10. The van der Waals surface area contributed by atoms with Crippen LogP contribution in [-0.2, 0) is 15.7 Å². The molecule has 12 heavy (non-hydrogen) atoms. The van der Waals surface area contributed by atoms with Crippen LogP contribution in [0.25, 0.3) is 0 Å². The molecule has 0 saturated carbocycles. The van der Waals surface area contributed by atoms with E-state index in [0.717, 1.165) is 3.97 Å². The van der Waals surface area contributed by atoms with Gasteiger partial charge in [0.05, 0.1) is 5.69 Å². The van der Waals surface area contributed by atoms with Gasteiger partial charge in [0, 0.05) is 16.9 Å². The van der Waals surface area contributed by atoms with Gasteiger partial charge in [-0.2, -0.15) is 8.42 Å². The fraction of sp³-hybridized carbons (Fsp3) is 0.500. The number of nitrogens with zero attached hydrogens (tertiary/aromatic N) is 2. The Kier molecular flexibility index (Phi) is 2.44. The van der Waals surface area contributed by atoms with Crippen LogP contribution in [0.3, 0.4) is 0 Å². The van der Waals surface area contributed by atoms with Gasteiger partial charge in [-0.3, -0.25) is 0 Å². The standard InChI is InChI=1S/C6H9ClN2O2S/c1-3-6-4-8-5(2)9(6)12(7,10)11/h4H,3H2,1-2H3. The van der Waals surface area contributed by atoms with Gasteiger partial charge in [-0.05, 0) is 13.3 Å². The smallest absolute Gasteiger partial charge is 0.241 e. The fourth-order valence-electron chi connectivity index (χ4n) is 1.01. The summed E-state index contributed by atoms with van der Waals surface area (Å²) in [5, 5.41) is 0. The second-order valence-corrected chi connectivity index (χ2v) is 4.72. The Labute approximate surface area is 75.7 Å². The van der Waals surface area contributed by atoms with Gasteiger partial charge in [-0.1, -0.05) is 6.92 Å². The van der Waals surface area contributed by atoms with Crippen LogP contribution in [0.5, 0.6) is 0 Å². The minimum Gasteiger partial charge on any atom is -0.241 e. The van der Waals surface area contributed by atoms with Crippen LogP contribution in [0.2, 0.25) is 0 Å². The highest BCUT2D eigenvalue weighted by Crippen LogP contribution is 2.12. The average molecular weight is 209 g/mol. The molecule has 0 bridgehead atoms. The molecule has 0 spiro atoms. The molecule has 0 aromatic carbocycles. The quantitative estimate of drug-likeness (QED) is 0.684. The molecule has 0 atom stereocenters. The molecule has 4 nitrogen and oxygen atoms in total. The maximum Gasteiger partial charge on any atom is 0.326 e. The Hall–Kier alpha value is -0.550. The molecule has 6 heteroatoms. The van der Waals surface area contributed by atoms with Gasteiger partial charge in [-0.25, -0.2) is 8.96 Å². The molecule has 0 amide bonds. The molecule has 0 unspecified atom stereocenters. The highest BCUT2D eigenvalue weighted by atomic mass is 35.7. The number of aryl methyl sites for hydroxylation is 2. The van der Waals surface area contributed by atoms with Gasteiger partial charge >= 0.3 is 9.24 Å². The first kappa shape index (κ1) is 9.54. The van der Waals surface area contributed by atoms with Gasteiger partial charge in [0.1, 0.15) is 5.82 Å². The topological polar surface area (TPSA) is 52.0 Å². The van der Waals surface area contributed by atoms with E-state index < -0.39 is 9.24 Å². The van der Waals surface area contributed by atoms with Crippen molar-refractivity contribution in [3.8, 4) is 0 Å². The van der Waals surface area contributed by atoms with Gasteiger partial charge in [0.15, 0.2) is 0 Å². The zero-order valence-corrected chi connectivity index (χ0v) is 8.35. The SMILES string of the molecule is CCc1cnc(C)n1S(=O)(=O)Cl. The van der Waals surface area contributed by atoms with Crippen LogP contribution in [0.15, 0.2) is 6.20 Å². The molecular formula is C6H9ClN2O2S. The molecule has 0 fully saturated rings. The first-order chi connectivity index (χ1) is 5.46. The van der Waals surface area contributed by atoms with E-state index in [2.05, 4.69) is 4.98 Å². The van der Waals surface area contributed by atoms with Crippen LogP contribution >= 0.6 is 10.7 Å². The molecule has 0 aliphatic rings. The van der Waals surface area contributed by atoms with Gasteiger partial charge in [-0.15, -0.1) is 0 Å². The third-order valence-corrected chi connectivity index (χ3v) is 2.88. The van der Waals surface area contributed by atoms with Crippen molar-refractivity contribution < 1.29 is 8.42 Å². The van der Waals surface area contributed by atoms with Crippen molar-refractivity contribution in [1.29, 1.82) is 0 Å². The zero-order chi connectivity index (χ0) is 9.35. The number of halogens is 1. The summed E-state index contributed by atoms with van der Waals surface area (Å²) in [6, 6.07) is 0. The van der Waals surface area contributed by atoms with Crippen molar-refractivity contribution in [2.45, 2.75) is 20.3 Å². The van der Waals surface area contributed by atoms with Crippen LogP contribution < -0.4 is 0 Å². The van der Waals surface area contributed by atoms with E-state index in [1.807, 2.05) is 6.92 Å². The van der Waals surface area contributed by atoms with Gasteiger partial charge < -0.3 is 0 Å². The fourth-order valence-corrected chi connectivity index (χ4v) is 2.40. The second-order valence-electron chi connectivity index (χ2n) is 2.36. The van der Waals surface area contributed by atoms with Crippen molar-refractivity contribution in [3.05, 3.63) is 17.7 Å². The maximum atomic E-state index is 11.0. The van der Waals surface area contributed by atoms with E-state index >= 15 is 0 Å². The summed E-state index contributed by atoms with van der Waals surface area (Å²) in [7, 11) is 1.48. The van der Waals surface area contributed by atoms with Crippen LogP contribution in [0.4, 0.5) is 0 Å². The monoisotopic (exact) mass is 208 g/mol. The minimum atomic E-state index is -3.71. The lowest BCUT2D eigenvalue weighted by Gasteiger charge is -2.02. The molecular weight excluding hydrogens is 200 g/mol. The molecule has 0 saturated heterocycles. The predicted molar refractivity (Wildman–Crippen MR) is 46.5 cm³/mol. The Morgan fingerprint density at radius 2 is 2.25 bits per heavy atom. The third kappa shape index (κ3) is 1.61. The second kappa shape index (κ2) is 3.06. The van der Waals surface area contributed by atoms with Crippen molar-refractivity contribution in [2.75, 3.05) is 0 Å². The number of hydrogen-bond donors (Lipinski definition) is 0. The van der Waals surface area contributed by atoms with E-state index in [1.165, 1.54) is 6.20 Å². The summed E-state index contributed by atoms with van der Waals surface area (Å²) >= 11 is 0. The van der Waals surface area contributed by atoms with E-state index in [1.54, 1.807) is 6.92 Å². The number of hydrogen-bond acceptors (Lipinski definition) is 3. The molecule has 1 rings (SSSR count). The maximum absolute atomic E-state index is 11.0. The van der Waals surface area contributed by atoms with Crippen molar-refractivity contribution in [1.82, 2.24) is 8.96 Å². The zero-order valence-electron chi connectivity index (χ0n) is 6.78. The van der Waals surface area contributed by atoms with Crippen molar-refractivity contribution >= 4 is 19.9 Å². The molecule has 1 aromatic heterocycles. The van der Waals surface area contributed by atoms with E-state index in [4.69, 9.17) is 10.7 Å². The lowest BCUT2D eigenvalue weighted by Crippen LogP contribution is -2.10. The molecule has 0 aliphatic carbocycles. The third-order valence-electron chi connectivity index (χ3n) is 1.54. The van der Waals surface area contributed by atoms with Crippen molar-refractivity contribution in [3.63, 3.8) is 0 Å². The number of aromatic nitrogens is 2. The summed E-state index contributed by atoms with van der Waals surface area (Å²) < 4.78 is 23.0. The summed E-state index contributed by atoms with van der Waals surface area (Å²) in [5.74, 6) is 0.391. The average Bonchev–Trinajstić information content (AvgIpc) is 2.29. The molecule has 1 aromatic rings. The minimum absolute atomic E-state index is 0.391. The van der Waals surface area contributed by atoms with Crippen LogP contribution in [0, 0.1) is 6.92 Å². The lowest BCUT2D eigenvalue weighted by molar-refractivity contribution is 0.598. The first-order valence-electron chi connectivity index (χ1n) is 3.45. The summed E-state index contributed by atoms with van der Waals surface area (Å²) in [4.78, 5) is 3.85. The van der Waals surface area contributed by atoms with Crippen molar-refractivity contribution in [2.24, 2.45) is 0 Å². The number of rotatable bonds is 2. The van der Waals surface area contributed by atoms with E-state index in [-0.39, 0.29) is 0 Å². The molecule has 1 heterocycles. The van der Waals surface area contributed by atoms with Gasteiger partial charge in [0.2, 0.25) is 0 Å². The van der Waals surface area contributed by atoms with E-state index in [0.29, 0.717) is 17.9 Å². The predicted octanol–water partition coefficient (Wildman–Crippen LogP) is 1.09. The normalized spacial score (nSPS) is 11.9.